The molecule has 0 spiro atoms. The maximum Gasteiger partial charge on any atom is 0.265 e. The largest absolute Gasteiger partial charge is 0.459 e. The summed E-state index contributed by atoms with van der Waals surface area (Å²) in [5, 5.41) is -0.402. The standard InChI is InChI=1S/C21H14FNO5S2/c22-15-8-10-16(11-9-15)30(25,26)20-21(28-19(23-20)18-7-4-12-27-18)29-13-17(24)14-5-2-1-3-6-14/h1-12H,13H2. The number of benzene rings is 2. The topological polar surface area (TPSA) is 90.4 Å². The first-order chi connectivity index (χ1) is 14.4. The fourth-order valence-electron chi connectivity index (χ4n) is 2.62. The summed E-state index contributed by atoms with van der Waals surface area (Å²) in [4.78, 5) is 16.4. The second kappa shape index (κ2) is 8.29. The molecule has 2 aromatic heterocycles. The zero-order valence-electron chi connectivity index (χ0n) is 15.3. The Morgan fingerprint density at radius 3 is 2.40 bits per heavy atom. The molecular formula is C21H14FNO5S2. The predicted molar refractivity (Wildman–Crippen MR) is 108 cm³/mol. The molecule has 0 saturated carbocycles. The van der Waals surface area contributed by atoms with Gasteiger partial charge in [-0.1, -0.05) is 42.1 Å². The summed E-state index contributed by atoms with van der Waals surface area (Å²) in [5.41, 5.74) is 0.499. The minimum absolute atomic E-state index is 0.0321. The van der Waals surface area contributed by atoms with E-state index in [0.717, 1.165) is 36.0 Å². The summed E-state index contributed by atoms with van der Waals surface area (Å²) in [7, 11) is -4.11. The van der Waals surface area contributed by atoms with Gasteiger partial charge in [-0.25, -0.2) is 12.8 Å². The van der Waals surface area contributed by atoms with Crippen LogP contribution in [0.15, 0.2) is 96.8 Å². The molecule has 4 aromatic rings. The fourth-order valence-corrected chi connectivity index (χ4v) is 5.05. The fraction of sp³-hybridized carbons (Fsp3) is 0.0476. The van der Waals surface area contributed by atoms with Crippen molar-refractivity contribution in [2.75, 3.05) is 5.75 Å². The van der Waals surface area contributed by atoms with E-state index in [1.165, 1.54) is 6.26 Å². The number of Topliss-reactive ketones (excluding diaryl/α,β-unsaturated/α-hetero) is 1. The molecule has 4 rings (SSSR count). The number of carbonyl (C=O) groups excluding carboxylic acids is 1. The average molecular weight is 443 g/mol. The van der Waals surface area contributed by atoms with Crippen LogP contribution in [0.5, 0.6) is 0 Å². The Morgan fingerprint density at radius 2 is 1.73 bits per heavy atom. The first-order valence-corrected chi connectivity index (χ1v) is 11.2. The number of oxazole rings is 1. The highest BCUT2D eigenvalue weighted by atomic mass is 32.2. The Morgan fingerprint density at radius 1 is 1.00 bits per heavy atom. The smallest absolute Gasteiger partial charge is 0.265 e. The molecular weight excluding hydrogens is 429 g/mol. The minimum Gasteiger partial charge on any atom is -0.459 e. The summed E-state index contributed by atoms with van der Waals surface area (Å²) >= 11 is 0.919. The van der Waals surface area contributed by atoms with Crippen LogP contribution in [0, 0.1) is 5.82 Å². The van der Waals surface area contributed by atoms with E-state index in [-0.39, 0.29) is 38.2 Å². The van der Waals surface area contributed by atoms with E-state index < -0.39 is 15.7 Å². The number of rotatable bonds is 7. The van der Waals surface area contributed by atoms with Gasteiger partial charge in [0.2, 0.25) is 20.0 Å². The van der Waals surface area contributed by atoms with Gasteiger partial charge >= 0.3 is 0 Å². The maximum atomic E-state index is 13.2. The van der Waals surface area contributed by atoms with E-state index in [9.17, 15) is 17.6 Å². The maximum absolute atomic E-state index is 13.2. The summed E-state index contributed by atoms with van der Waals surface area (Å²) in [6, 6.07) is 16.2. The van der Waals surface area contributed by atoms with E-state index in [4.69, 9.17) is 8.83 Å². The third-order valence-electron chi connectivity index (χ3n) is 4.11. The number of halogens is 1. The van der Waals surface area contributed by atoms with Crippen LogP contribution in [0.3, 0.4) is 0 Å². The summed E-state index contributed by atoms with van der Waals surface area (Å²) in [5.74, 6) is -0.597. The van der Waals surface area contributed by atoms with Crippen molar-refractivity contribution in [3.05, 3.63) is 84.4 Å². The van der Waals surface area contributed by atoms with Crippen molar-refractivity contribution in [2.24, 2.45) is 0 Å². The Balaban J connectivity index is 1.70. The molecule has 152 valence electrons. The number of carbonyl (C=O) groups is 1. The zero-order valence-corrected chi connectivity index (χ0v) is 17.0. The second-order valence-corrected chi connectivity index (χ2v) is 8.94. The zero-order chi connectivity index (χ0) is 21.1. The Hall–Kier alpha value is -3.17. The van der Waals surface area contributed by atoms with Gasteiger partial charge < -0.3 is 8.83 Å². The van der Waals surface area contributed by atoms with E-state index in [0.29, 0.717) is 5.56 Å². The van der Waals surface area contributed by atoms with E-state index in [2.05, 4.69) is 4.98 Å². The number of ketones is 1. The monoisotopic (exact) mass is 443 g/mol. The van der Waals surface area contributed by atoms with Crippen LogP contribution in [0.25, 0.3) is 11.7 Å². The Labute approximate surface area is 175 Å². The summed E-state index contributed by atoms with van der Waals surface area (Å²) < 4.78 is 50.3. The average Bonchev–Trinajstić information content (AvgIpc) is 3.43. The van der Waals surface area contributed by atoms with Crippen LogP contribution in [-0.2, 0) is 9.84 Å². The highest BCUT2D eigenvalue weighted by Gasteiger charge is 2.30. The molecule has 0 radical (unpaired) electrons. The summed E-state index contributed by atoms with van der Waals surface area (Å²) in [6.07, 6.45) is 1.40. The molecule has 0 aliphatic rings. The van der Waals surface area contributed by atoms with Gasteiger partial charge in [-0.3, -0.25) is 4.79 Å². The predicted octanol–water partition coefficient (Wildman–Crippen LogP) is 4.88. The number of nitrogens with zero attached hydrogens (tertiary/aromatic N) is 1. The molecule has 0 fully saturated rings. The van der Waals surface area contributed by atoms with Crippen molar-refractivity contribution in [3.8, 4) is 11.7 Å². The number of furan rings is 1. The number of sulfone groups is 1. The third kappa shape index (κ3) is 4.07. The molecule has 0 atom stereocenters. The van der Waals surface area contributed by atoms with Crippen molar-refractivity contribution in [1.29, 1.82) is 0 Å². The quantitative estimate of drug-likeness (QED) is 0.228. The van der Waals surface area contributed by atoms with Gasteiger partial charge in [0, 0.05) is 5.56 Å². The highest BCUT2D eigenvalue weighted by Crippen LogP contribution is 2.35. The molecule has 0 bridgehead atoms. The summed E-state index contributed by atoms with van der Waals surface area (Å²) in [6.45, 7) is 0. The lowest BCUT2D eigenvalue weighted by molar-refractivity contribution is 0.102. The lowest BCUT2D eigenvalue weighted by Crippen LogP contribution is -2.06. The highest BCUT2D eigenvalue weighted by molar-refractivity contribution is 8.00. The van der Waals surface area contributed by atoms with Gasteiger partial charge in [0.05, 0.1) is 16.9 Å². The normalized spacial score (nSPS) is 11.5. The van der Waals surface area contributed by atoms with E-state index in [1.807, 2.05) is 0 Å². The van der Waals surface area contributed by atoms with Crippen molar-refractivity contribution in [2.45, 2.75) is 15.0 Å². The molecule has 2 aromatic carbocycles. The van der Waals surface area contributed by atoms with Gasteiger partial charge in [-0.2, -0.15) is 4.98 Å². The van der Waals surface area contributed by atoms with Crippen LogP contribution in [0.4, 0.5) is 4.39 Å². The molecule has 0 amide bonds. The molecule has 0 aliphatic heterocycles. The number of hydrogen-bond acceptors (Lipinski definition) is 7. The van der Waals surface area contributed by atoms with Gasteiger partial charge in [0.25, 0.3) is 5.89 Å². The van der Waals surface area contributed by atoms with Crippen LogP contribution in [0.1, 0.15) is 10.4 Å². The van der Waals surface area contributed by atoms with Crippen molar-refractivity contribution >= 4 is 27.4 Å². The Bertz CT molecular complexity index is 1260. The van der Waals surface area contributed by atoms with E-state index in [1.54, 1.807) is 42.5 Å². The van der Waals surface area contributed by atoms with Crippen molar-refractivity contribution < 1.29 is 26.4 Å². The molecule has 0 saturated heterocycles. The molecule has 9 heteroatoms. The molecule has 0 N–H and O–H groups in total. The molecule has 6 nitrogen and oxygen atoms in total. The van der Waals surface area contributed by atoms with Gasteiger partial charge in [-0.15, -0.1) is 0 Å². The van der Waals surface area contributed by atoms with E-state index >= 15 is 0 Å². The van der Waals surface area contributed by atoms with Gasteiger partial charge in [0.1, 0.15) is 5.82 Å². The Kier molecular flexibility index (Phi) is 5.56. The van der Waals surface area contributed by atoms with Gasteiger partial charge in [0.15, 0.2) is 11.5 Å². The SMILES string of the molecule is O=C(CSc1oc(-c2ccco2)nc1S(=O)(=O)c1ccc(F)cc1)c1ccccc1. The number of hydrogen-bond donors (Lipinski definition) is 0. The van der Waals surface area contributed by atoms with Crippen LogP contribution < -0.4 is 0 Å². The van der Waals surface area contributed by atoms with Crippen molar-refractivity contribution in [1.82, 2.24) is 4.98 Å². The number of thioether (sulfide) groups is 1. The van der Waals surface area contributed by atoms with Crippen LogP contribution in [0.2, 0.25) is 0 Å². The molecule has 0 unspecified atom stereocenters. The molecule has 30 heavy (non-hydrogen) atoms. The lowest BCUT2D eigenvalue weighted by atomic mass is 10.2. The molecule has 0 aliphatic carbocycles. The van der Waals surface area contributed by atoms with Crippen LogP contribution >= 0.6 is 11.8 Å². The minimum atomic E-state index is -4.11. The lowest BCUT2D eigenvalue weighted by Gasteiger charge is -2.04. The van der Waals surface area contributed by atoms with Crippen LogP contribution in [-0.4, -0.2) is 24.9 Å². The number of aromatic nitrogens is 1. The first-order valence-electron chi connectivity index (χ1n) is 8.71. The molecule has 2 heterocycles. The van der Waals surface area contributed by atoms with Gasteiger partial charge in [-0.05, 0) is 36.4 Å². The first kappa shape index (κ1) is 20.1. The third-order valence-corrected chi connectivity index (χ3v) is 6.86. The second-order valence-electron chi connectivity index (χ2n) is 6.12. The van der Waals surface area contributed by atoms with Crippen molar-refractivity contribution in [3.63, 3.8) is 0 Å².